The van der Waals surface area contributed by atoms with Crippen molar-refractivity contribution in [2.75, 3.05) is 61.5 Å². The zero-order valence-corrected chi connectivity index (χ0v) is 17.3. The Morgan fingerprint density at radius 1 is 1.13 bits per heavy atom. The van der Waals surface area contributed by atoms with Crippen LogP contribution < -0.4 is 25.2 Å². The summed E-state index contributed by atoms with van der Waals surface area (Å²) in [6.45, 7) is 5.02. The third-order valence-corrected chi connectivity index (χ3v) is 5.54. The van der Waals surface area contributed by atoms with Crippen molar-refractivity contribution >= 4 is 23.0 Å². The Bertz CT molecular complexity index is 1090. The molecule has 0 spiro atoms. The molecule has 1 amide bonds. The predicted octanol–water partition coefficient (Wildman–Crippen LogP) is 2.23. The SMILES string of the molecule is CN1CCOc2cc(-c3cnc(C(=O)Nc4cnccc4N4CCNCC4)o3)ccc21. The molecule has 4 heterocycles. The number of hydrogen-bond acceptors (Lipinski definition) is 8. The number of ether oxygens (including phenoxy) is 1. The van der Waals surface area contributed by atoms with Crippen LogP contribution in [0.5, 0.6) is 5.75 Å². The molecule has 0 bridgehead atoms. The zero-order valence-electron chi connectivity index (χ0n) is 17.3. The molecule has 0 atom stereocenters. The second-order valence-corrected chi connectivity index (χ2v) is 7.57. The topological polar surface area (TPSA) is 95.8 Å². The van der Waals surface area contributed by atoms with E-state index >= 15 is 0 Å². The minimum Gasteiger partial charge on any atom is -0.490 e. The normalized spacial score (nSPS) is 15.9. The van der Waals surface area contributed by atoms with Crippen molar-refractivity contribution in [3.05, 3.63) is 48.7 Å². The molecular weight excluding hydrogens is 396 g/mol. The first-order chi connectivity index (χ1) is 15.2. The van der Waals surface area contributed by atoms with E-state index in [0.29, 0.717) is 18.1 Å². The highest BCUT2D eigenvalue weighted by Gasteiger charge is 2.21. The number of carbonyl (C=O) groups is 1. The number of amides is 1. The molecule has 9 nitrogen and oxygen atoms in total. The average molecular weight is 420 g/mol. The Kier molecular flexibility index (Phi) is 5.17. The number of rotatable bonds is 4. The highest BCUT2D eigenvalue weighted by Crippen LogP contribution is 2.35. The third-order valence-electron chi connectivity index (χ3n) is 5.54. The summed E-state index contributed by atoms with van der Waals surface area (Å²) < 4.78 is 11.5. The summed E-state index contributed by atoms with van der Waals surface area (Å²) in [5.74, 6) is 0.897. The zero-order chi connectivity index (χ0) is 21.2. The summed E-state index contributed by atoms with van der Waals surface area (Å²) in [7, 11) is 2.03. The molecule has 160 valence electrons. The molecule has 1 fully saturated rings. The van der Waals surface area contributed by atoms with Gasteiger partial charge < -0.3 is 29.6 Å². The Morgan fingerprint density at radius 2 is 2.00 bits per heavy atom. The molecule has 2 aliphatic heterocycles. The van der Waals surface area contributed by atoms with Crippen molar-refractivity contribution in [2.45, 2.75) is 0 Å². The maximum absolute atomic E-state index is 12.8. The maximum Gasteiger partial charge on any atom is 0.311 e. The molecule has 5 rings (SSSR count). The van der Waals surface area contributed by atoms with Crippen molar-refractivity contribution in [3.8, 4) is 17.1 Å². The first-order valence-electron chi connectivity index (χ1n) is 10.3. The number of aromatic nitrogens is 2. The summed E-state index contributed by atoms with van der Waals surface area (Å²) in [5.41, 5.74) is 3.42. The van der Waals surface area contributed by atoms with Gasteiger partial charge in [0.15, 0.2) is 5.76 Å². The number of benzene rings is 1. The standard InChI is InChI=1S/C22H24N6O3/c1-27-10-11-30-19-12-15(2-3-18(19)27)20-14-25-22(31-20)21(29)26-16-13-24-5-4-17(16)28-8-6-23-7-9-28/h2-5,12-14,23H,6-11H2,1H3,(H,26,29). The fourth-order valence-corrected chi connectivity index (χ4v) is 3.86. The van der Waals surface area contributed by atoms with E-state index in [-0.39, 0.29) is 5.89 Å². The Labute approximate surface area is 180 Å². The van der Waals surface area contributed by atoms with Crippen LogP contribution in [0.1, 0.15) is 10.7 Å². The van der Waals surface area contributed by atoms with Crippen LogP contribution in [0.4, 0.5) is 17.1 Å². The Morgan fingerprint density at radius 3 is 2.87 bits per heavy atom. The highest BCUT2D eigenvalue weighted by atomic mass is 16.5. The fourth-order valence-electron chi connectivity index (χ4n) is 3.86. The van der Waals surface area contributed by atoms with Gasteiger partial charge in [0.2, 0.25) is 0 Å². The number of fused-ring (bicyclic) bond motifs is 1. The number of likely N-dealkylation sites (N-methyl/N-ethyl adjacent to an activating group) is 1. The molecule has 1 saturated heterocycles. The van der Waals surface area contributed by atoms with Gasteiger partial charge in [0.25, 0.3) is 5.89 Å². The van der Waals surface area contributed by atoms with E-state index in [4.69, 9.17) is 9.15 Å². The van der Waals surface area contributed by atoms with E-state index in [1.807, 2.05) is 31.3 Å². The molecule has 2 N–H and O–H groups in total. The number of nitrogens with zero attached hydrogens (tertiary/aromatic N) is 4. The van der Waals surface area contributed by atoms with E-state index in [1.54, 1.807) is 18.6 Å². The molecule has 0 unspecified atom stereocenters. The molecule has 9 heteroatoms. The molecule has 2 aliphatic rings. The van der Waals surface area contributed by atoms with Crippen molar-refractivity contribution in [2.24, 2.45) is 0 Å². The van der Waals surface area contributed by atoms with Gasteiger partial charge in [-0.25, -0.2) is 4.98 Å². The molecule has 0 aliphatic carbocycles. The Hall–Kier alpha value is -3.59. The van der Waals surface area contributed by atoms with E-state index in [9.17, 15) is 4.79 Å². The van der Waals surface area contributed by atoms with Gasteiger partial charge in [0.1, 0.15) is 12.4 Å². The van der Waals surface area contributed by atoms with E-state index < -0.39 is 5.91 Å². The minimum absolute atomic E-state index is 0.000806. The van der Waals surface area contributed by atoms with E-state index in [2.05, 4.69) is 30.4 Å². The van der Waals surface area contributed by atoms with Gasteiger partial charge in [-0.2, -0.15) is 0 Å². The lowest BCUT2D eigenvalue weighted by Crippen LogP contribution is -2.43. The van der Waals surface area contributed by atoms with Gasteiger partial charge >= 0.3 is 5.91 Å². The van der Waals surface area contributed by atoms with E-state index in [1.165, 1.54) is 0 Å². The van der Waals surface area contributed by atoms with Crippen LogP contribution >= 0.6 is 0 Å². The van der Waals surface area contributed by atoms with Gasteiger partial charge in [0.05, 0.1) is 36.0 Å². The number of oxazole rings is 1. The second-order valence-electron chi connectivity index (χ2n) is 7.57. The van der Waals surface area contributed by atoms with Crippen LogP contribution in [0, 0.1) is 0 Å². The van der Waals surface area contributed by atoms with Crippen LogP contribution in [0.2, 0.25) is 0 Å². The van der Waals surface area contributed by atoms with Gasteiger partial charge in [-0.05, 0) is 24.3 Å². The highest BCUT2D eigenvalue weighted by molar-refractivity contribution is 6.03. The smallest absolute Gasteiger partial charge is 0.311 e. The summed E-state index contributed by atoms with van der Waals surface area (Å²) in [6.07, 6.45) is 4.94. The van der Waals surface area contributed by atoms with Crippen molar-refractivity contribution in [1.82, 2.24) is 15.3 Å². The lowest BCUT2D eigenvalue weighted by atomic mass is 10.1. The average Bonchev–Trinajstić information content (AvgIpc) is 3.31. The summed E-state index contributed by atoms with van der Waals surface area (Å²) >= 11 is 0. The molecule has 0 radical (unpaired) electrons. The molecule has 31 heavy (non-hydrogen) atoms. The number of piperazine rings is 1. The van der Waals surface area contributed by atoms with Crippen LogP contribution in [0.25, 0.3) is 11.3 Å². The van der Waals surface area contributed by atoms with Gasteiger partial charge in [0, 0.05) is 45.0 Å². The first kappa shape index (κ1) is 19.4. The molecule has 2 aromatic heterocycles. The van der Waals surface area contributed by atoms with Gasteiger partial charge in [-0.3, -0.25) is 9.78 Å². The quantitative estimate of drug-likeness (QED) is 0.664. The van der Waals surface area contributed by atoms with Crippen LogP contribution in [-0.2, 0) is 0 Å². The van der Waals surface area contributed by atoms with Crippen LogP contribution in [0.3, 0.4) is 0 Å². The van der Waals surface area contributed by atoms with Crippen molar-refractivity contribution < 1.29 is 13.9 Å². The second kappa shape index (κ2) is 8.27. The predicted molar refractivity (Wildman–Crippen MR) is 118 cm³/mol. The molecule has 0 saturated carbocycles. The maximum atomic E-state index is 12.8. The summed E-state index contributed by atoms with van der Waals surface area (Å²) in [4.78, 5) is 25.5. The Balaban J connectivity index is 1.35. The van der Waals surface area contributed by atoms with Crippen LogP contribution in [-0.4, -0.2) is 62.3 Å². The number of anilines is 3. The van der Waals surface area contributed by atoms with Gasteiger partial charge in [-0.1, -0.05) is 0 Å². The van der Waals surface area contributed by atoms with Crippen LogP contribution in [0.15, 0.2) is 47.3 Å². The monoisotopic (exact) mass is 420 g/mol. The largest absolute Gasteiger partial charge is 0.490 e. The third kappa shape index (κ3) is 3.91. The van der Waals surface area contributed by atoms with Gasteiger partial charge in [-0.15, -0.1) is 0 Å². The summed E-state index contributed by atoms with van der Waals surface area (Å²) in [5, 5.41) is 6.22. The molecule has 3 aromatic rings. The number of hydrogen-bond donors (Lipinski definition) is 2. The first-order valence-corrected chi connectivity index (χ1v) is 10.3. The minimum atomic E-state index is -0.412. The van der Waals surface area contributed by atoms with Crippen molar-refractivity contribution in [1.29, 1.82) is 0 Å². The lowest BCUT2D eigenvalue weighted by molar-refractivity contribution is 0.0991. The number of carbonyl (C=O) groups excluding carboxylic acids is 1. The summed E-state index contributed by atoms with van der Waals surface area (Å²) in [6, 6.07) is 7.75. The number of nitrogens with one attached hydrogen (secondary N) is 2. The van der Waals surface area contributed by atoms with Crippen molar-refractivity contribution in [3.63, 3.8) is 0 Å². The molecular formula is C22H24N6O3. The lowest BCUT2D eigenvalue weighted by Gasteiger charge is -2.30. The number of pyridine rings is 1. The van der Waals surface area contributed by atoms with E-state index in [0.717, 1.165) is 55.4 Å². The fraction of sp³-hybridized carbons (Fsp3) is 0.318. The molecule has 1 aromatic carbocycles.